The number of amides is 2. The summed E-state index contributed by atoms with van der Waals surface area (Å²) in [6, 6.07) is 0. The molecule has 0 aromatic rings. The van der Waals surface area contributed by atoms with Crippen LogP contribution in [-0.2, 0) is 9.59 Å². The van der Waals surface area contributed by atoms with Crippen LogP contribution in [-0.4, -0.2) is 13.2 Å². The van der Waals surface area contributed by atoms with Gasteiger partial charge in [0, 0.05) is 0 Å². The van der Waals surface area contributed by atoms with E-state index in [4.69, 9.17) is 11.5 Å². The minimum atomic E-state index is -1.28. The average Bonchev–Trinajstić information content (AvgIpc) is 1.65. The van der Waals surface area contributed by atoms with Crippen molar-refractivity contribution in [3.8, 4) is 0 Å². The normalized spacial score (nSPS) is 10.9. The molecule has 9 heavy (non-hydrogen) atoms. The van der Waals surface area contributed by atoms with Crippen LogP contribution in [0.2, 0.25) is 0 Å². The van der Waals surface area contributed by atoms with Gasteiger partial charge in [-0.3, -0.25) is 9.59 Å². The lowest BCUT2D eigenvalue weighted by atomic mass is 10.4. The summed E-state index contributed by atoms with van der Waals surface area (Å²) < 4.78 is -1.28. The van der Waals surface area contributed by atoms with E-state index in [9.17, 15) is 9.59 Å². The maximum absolute atomic E-state index is 10.4. The first-order valence-electron chi connectivity index (χ1n) is 1.86. The summed E-state index contributed by atoms with van der Waals surface area (Å²) in [5, 5.41) is 0. The van der Waals surface area contributed by atoms with Crippen molar-refractivity contribution in [1.82, 2.24) is 0 Å². The second kappa shape index (κ2) is 2.99. The summed E-state index contributed by atoms with van der Waals surface area (Å²) in [5.74, 6) is -1.45. The Morgan fingerprint density at radius 1 is 1.11 bits per heavy atom. The third kappa shape index (κ3) is 2.24. The third-order valence-corrected chi connectivity index (χ3v) is 2.75. The van der Waals surface area contributed by atoms with Crippen molar-refractivity contribution in [3.63, 3.8) is 0 Å². The summed E-state index contributed by atoms with van der Waals surface area (Å²) in [6.45, 7) is 0. The number of alkyl halides is 2. The Morgan fingerprint density at radius 2 is 1.33 bits per heavy atom. The molecule has 0 saturated heterocycles. The predicted molar refractivity (Wildman–Crippen MR) is 49.2 cm³/mol. The van der Waals surface area contributed by atoms with Gasteiger partial charge in [0.05, 0.1) is 0 Å². The molecule has 0 aliphatic heterocycles. The SMILES string of the molecule is NC(=O)C(I)(I)C(N)=O. The lowest BCUT2D eigenvalue weighted by Crippen LogP contribution is -2.43. The zero-order valence-corrected chi connectivity index (χ0v) is 8.54. The Kier molecular flexibility index (Phi) is 3.12. The lowest BCUT2D eigenvalue weighted by molar-refractivity contribution is -0.125. The van der Waals surface area contributed by atoms with E-state index in [1.54, 1.807) is 45.2 Å². The van der Waals surface area contributed by atoms with Crippen molar-refractivity contribution in [2.24, 2.45) is 11.5 Å². The number of halogens is 2. The van der Waals surface area contributed by atoms with Crippen molar-refractivity contribution in [2.75, 3.05) is 0 Å². The molecule has 52 valence electrons. The van der Waals surface area contributed by atoms with Crippen LogP contribution in [0.15, 0.2) is 0 Å². The molecule has 4 nitrogen and oxygen atoms in total. The van der Waals surface area contributed by atoms with Gasteiger partial charge in [-0.2, -0.15) is 0 Å². The fourth-order valence-electron chi connectivity index (χ4n) is 0.121. The van der Waals surface area contributed by atoms with Crippen LogP contribution in [0, 0.1) is 0 Å². The predicted octanol–water partition coefficient (Wildman–Crippen LogP) is -0.477. The van der Waals surface area contributed by atoms with Crippen molar-refractivity contribution in [2.45, 2.75) is 1.43 Å². The van der Waals surface area contributed by atoms with Crippen LogP contribution in [0.1, 0.15) is 0 Å². The van der Waals surface area contributed by atoms with Crippen LogP contribution in [0.3, 0.4) is 0 Å². The Labute approximate surface area is 79.0 Å². The maximum Gasteiger partial charge on any atom is 0.253 e. The summed E-state index contributed by atoms with van der Waals surface area (Å²) in [5.41, 5.74) is 9.63. The van der Waals surface area contributed by atoms with Crippen LogP contribution in [0.5, 0.6) is 0 Å². The second-order valence-electron chi connectivity index (χ2n) is 1.30. The van der Waals surface area contributed by atoms with E-state index < -0.39 is 13.2 Å². The molecule has 0 fully saturated rings. The molecule has 2 amide bonds. The monoisotopic (exact) mass is 354 g/mol. The molecule has 0 aromatic carbocycles. The fraction of sp³-hybridized carbons (Fsp3) is 0.333. The Bertz CT molecular complexity index is 140. The van der Waals surface area contributed by atoms with E-state index in [1.165, 1.54) is 0 Å². The van der Waals surface area contributed by atoms with Crippen LogP contribution >= 0.6 is 45.2 Å². The molecule has 0 aromatic heterocycles. The molecule has 0 aliphatic carbocycles. The van der Waals surface area contributed by atoms with Gasteiger partial charge in [-0.05, 0) is 45.2 Å². The number of rotatable bonds is 2. The van der Waals surface area contributed by atoms with Gasteiger partial charge in [0.25, 0.3) is 11.8 Å². The van der Waals surface area contributed by atoms with Crippen molar-refractivity contribution in [1.29, 1.82) is 0 Å². The Morgan fingerprint density at radius 3 is 1.33 bits per heavy atom. The largest absolute Gasteiger partial charge is 0.367 e. The van der Waals surface area contributed by atoms with Crippen molar-refractivity contribution >= 4 is 57.0 Å². The topological polar surface area (TPSA) is 86.2 Å². The van der Waals surface area contributed by atoms with Gasteiger partial charge >= 0.3 is 0 Å². The van der Waals surface area contributed by atoms with Crippen LogP contribution in [0.4, 0.5) is 0 Å². The highest BCUT2D eigenvalue weighted by molar-refractivity contribution is 14.2. The zero-order chi connectivity index (χ0) is 7.65. The highest BCUT2D eigenvalue weighted by atomic mass is 127. The molecule has 0 saturated carbocycles. The Hall–Kier alpha value is 0.400. The molecule has 4 N–H and O–H groups in total. The summed E-state index contributed by atoms with van der Waals surface area (Å²) >= 11 is 3.19. The van der Waals surface area contributed by atoms with E-state index in [2.05, 4.69) is 0 Å². The number of carbonyl (C=O) groups excluding carboxylic acids is 2. The highest BCUT2D eigenvalue weighted by Crippen LogP contribution is 2.25. The smallest absolute Gasteiger partial charge is 0.253 e. The van der Waals surface area contributed by atoms with E-state index in [1.807, 2.05) is 0 Å². The summed E-state index contributed by atoms with van der Waals surface area (Å²) in [4.78, 5) is 20.7. The van der Waals surface area contributed by atoms with Crippen LogP contribution in [0.25, 0.3) is 0 Å². The zero-order valence-electron chi connectivity index (χ0n) is 4.23. The Balaban J connectivity index is 4.38. The molecule has 0 radical (unpaired) electrons. The number of primary amides is 2. The van der Waals surface area contributed by atoms with E-state index in [-0.39, 0.29) is 0 Å². The minimum Gasteiger partial charge on any atom is -0.367 e. The van der Waals surface area contributed by atoms with Gasteiger partial charge in [-0.25, -0.2) is 0 Å². The third-order valence-electron chi connectivity index (χ3n) is 0.619. The molecule has 0 spiro atoms. The first-order chi connectivity index (χ1) is 3.89. The molecule has 0 rings (SSSR count). The number of hydrogen-bond donors (Lipinski definition) is 2. The van der Waals surface area contributed by atoms with E-state index in [0.29, 0.717) is 0 Å². The number of hydrogen-bond acceptors (Lipinski definition) is 2. The van der Waals surface area contributed by atoms with Crippen LogP contribution < -0.4 is 11.5 Å². The molecule has 0 aliphatic rings. The van der Waals surface area contributed by atoms with Gasteiger partial charge in [0.2, 0.25) is 1.43 Å². The van der Waals surface area contributed by atoms with Gasteiger partial charge in [0.1, 0.15) is 0 Å². The molecule has 0 heterocycles. The minimum absolute atomic E-state index is 0.726. The summed E-state index contributed by atoms with van der Waals surface area (Å²) in [6.07, 6.45) is 0. The molecular formula is C3H4I2N2O2. The summed E-state index contributed by atoms with van der Waals surface area (Å²) in [7, 11) is 0. The first kappa shape index (κ1) is 9.40. The van der Waals surface area contributed by atoms with Gasteiger partial charge in [0.15, 0.2) is 0 Å². The molecule has 0 atom stereocenters. The average molecular weight is 354 g/mol. The maximum atomic E-state index is 10.4. The number of carbonyl (C=O) groups is 2. The first-order valence-corrected chi connectivity index (χ1v) is 4.02. The van der Waals surface area contributed by atoms with Gasteiger partial charge in [-0.15, -0.1) is 0 Å². The second-order valence-corrected chi connectivity index (χ2v) is 6.60. The quantitative estimate of drug-likeness (QED) is 0.399. The molecule has 0 bridgehead atoms. The highest BCUT2D eigenvalue weighted by Gasteiger charge is 2.36. The molecule has 0 unspecified atom stereocenters. The lowest BCUT2D eigenvalue weighted by Gasteiger charge is -2.09. The van der Waals surface area contributed by atoms with Crippen molar-refractivity contribution in [3.05, 3.63) is 0 Å². The van der Waals surface area contributed by atoms with Gasteiger partial charge in [-0.1, -0.05) is 0 Å². The standard InChI is InChI=1S/C3H4I2N2O2/c4-3(5,1(6)8)2(7)9/h(H2,6,8)(H2,7,9). The van der Waals surface area contributed by atoms with E-state index in [0.717, 1.165) is 0 Å². The van der Waals surface area contributed by atoms with Gasteiger partial charge < -0.3 is 11.5 Å². The molecular weight excluding hydrogens is 350 g/mol. The van der Waals surface area contributed by atoms with Crippen molar-refractivity contribution < 1.29 is 9.59 Å². The van der Waals surface area contributed by atoms with E-state index >= 15 is 0 Å². The fourth-order valence-corrected chi connectivity index (χ4v) is 0.121. The number of nitrogens with two attached hydrogens (primary N) is 2. The molecule has 6 heteroatoms.